The van der Waals surface area contributed by atoms with Gasteiger partial charge in [0.2, 0.25) is 5.91 Å². The van der Waals surface area contributed by atoms with Crippen LogP contribution in [0.5, 0.6) is 5.75 Å². The third-order valence-corrected chi connectivity index (χ3v) is 4.66. The molecule has 1 fully saturated rings. The number of nitrogens with one attached hydrogen (secondary N) is 1. The van der Waals surface area contributed by atoms with Gasteiger partial charge < -0.3 is 14.8 Å². The second-order valence-corrected chi connectivity index (χ2v) is 6.96. The van der Waals surface area contributed by atoms with Crippen LogP contribution in [0.25, 0.3) is 0 Å². The molecular weight excluding hydrogens is 304 g/mol. The van der Waals surface area contributed by atoms with E-state index in [1.54, 1.807) is 0 Å². The Morgan fingerprint density at radius 1 is 1.42 bits per heavy atom. The van der Waals surface area contributed by atoms with Crippen molar-refractivity contribution < 1.29 is 14.3 Å². The van der Waals surface area contributed by atoms with E-state index in [0.717, 1.165) is 44.8 Å². The quantitative estimate of drug-likeness (QED) is 0.899. The molecule has 0 spiro atoms. The molecule has 2 aliphatic heterocycles. The summed E-state index contributed by atoms with van der Waals surface area (Å²) in [6.07, 6.45) is 3.00. The Kier molecular flexibility index (Phi) is 5.74. The van der Waals surface area contributed by atoms with Crippen LogP contribution in [0.4, 0.5) is 0 Å². The maximum absolute atomic E-state index is 12.1. The van der Waals surface area contributed by atoms with Crippen LogP contribution >= 0.6 is 0 Å². The highest BCUT2D eigenvalue weighted by molar-refractivity contribution is 5.76. The molecular formula is C19H28N2O3. The number of carbonyl (C=O) groups excluding carboxylic acids is 1. The van der Waals surface area contributed by atoms with Gasteiger partial charge in [-0.1, -0.05) is 17.7 Å². The molecule has 0 saturated carbocycles. The van der Waals surface area contributed by atoms with Crippen molar-refractivity contribution in [3.05, 3.63) is 29.3 Å². The number of aryl methyl sites for hydroxylation is 1. The van der Waals surface area contributed by atoms with Crippen molar-refractivity contribution in [2.45, 2.75) is 51.9 Å². The number of benzene rings is 1. The molecule has 24 heavy (non-hydrogen) atoms. The standard InChI is InChI=1S/C19H28N2O3/c1-14-5-6-18-16(10-14)13-21(12-15(2)24-18)8-7-19(22)20-11-17-4-3-9-23-17/h5-6,10,15,17H,3-4,7-9,11-13H2,1-2H3,(H,20,22). The van der Waals surface area contributed by atoms with Gasteiger partial charge in [0.25, 0.3) is 0 Å². The lowest BCUT2D eigenvalue weighted by molar-refractivity contribution is -0.122. The van der Waals surface area contributed by atoms with Crippen LogP contribution in [-0.2, 0) is 16.1 Å². The molecule has 2 unspecified atom stereocenters. The summed E-state index contributed by atoms with van der Waals surface area (Å²) >= 11 is 0. The predicted octanol–water partition coefficient (Wildman–Crippen LogP) is 2.26. The zero-order chi connectivity index (χ0) is 16.9. The van der Waals surface area contributed by atoms with Crippen LogP contribution in [0.1, 0.15) is 37.3 Å². The maximum Gasteiger partial charge on any atom is 0.221 e. The Bertz CT molecular complexity index is 570. The third kappa shape index (κ3) is 4.71. The van der Waals surface area contributed by atoms with Crippen LogP contribution < -0.4 is 10.1 Å². The number of rotatable bonds is 5. The molecule has 1 aromatic rings. The van der Waals surface area contributed by atoms with Gasteiger partial charge in [0.05, 0.1) is 6.10 Å². The molecule has 3 rings (SSSR count). The molecule has 1 amide bonds. The zero-order valence-electron chi connectivity index (χ0n) is 14.7. The summed E-state index contributed by atoms with van der Waals surface area (Å²) in [6.45, 7) is 8.06. The monoisotopic (exact) mass is 332 g/mol. The van der Waals surface area contributed by atoms with Crippen LogP contribution in [-0.4, -0.2) is 49.3 Å². The van der Waals surface area contributed by atoms with Crippen LogP contribution in [0.3, 0.4) is 0 Å². The van der Waals surface area contributed by atoms with E-state index in [1.165, 1.54) is 11.1 Å². The molecule has 5 heteroatoms. The van der Waals surface area contributed by atoms with Crippen molar-refractivity contribution in [2.24, 2.45) is 0 Å². The maximum atomic E-state index is 12.1. The van der Waals surface area contributed by atoms with E-state index in [-0.39, 0.29) is 18.1 Å². The first-order valence-corrected chi connectivity index (χ1v) is 8.97. The Hall–Kier alpha value is -1.59. The van der Waals surface area contributed by atoms with Gasteiger partial charge in [-0.25, -0.2) is 0 Å². The molecule has 1 aromatic carbocycles. The largest absolute Gasteiger partial charge is 0.489 e. The van der Waals surface area contributed by atoms with Crippen molar-refractivity contribution >= 4 is 5.91 Å². The van der Waals surface area contributed by atoms with Gasteiger partial charge in [-0.3, -0.25) is 9.69 Å². The lowest BCUT2D eigenvalue weighted by Gasteiger charge is -2.21. The summed E-state index contributed by atoms with van der Waals surface area (Å²) in [5.41, 5.74) is 2.44. The predicted molar refractivity (Wildman–Crippen MR) is 93.1 cm³/mol. The molecule has 132 valence electrons. The summed E-state index contributed by atoms with van der Waals surface area (Å²) in [5, 5.41) is 3.00. The first-order valence-electron chi connectivity index (χ1n) is 8.97. The average molecular weight is 332 g/mol. The third-order valence-electron chi connectivity index (χ3n) is 4.66. The second kappa shape index (κ2) is 7.99. The summed E-state index contributed by atoms with van der Waals surface area (Å²) in [4.78, 5) is 14.4. The van der Waals surface area contributed by atoms with Gasteiger partial charge in [-0.05, 0) is 32.8 Å². The van der Waals surface area contributed by atoms with Gasteiger partial charge in [-0.15, -0.1) is 0 Å². The van der Waals surface area contributed by atoms with Crippen LogP contribution in [0.2, 0.25) is 0 Å². The first-order chi connectivity index (χ1) is 11.6. The number of carbonyl (C=O) groups is 1. The van der Waals surface area contributed by atoms with E-state index in [0.29, 0.717) is 13.0 Å². The molecule has 0 aliphatic carbocycles. The molecule has 0 bridgehead atoms. The van der Waals surface area contributed by atoms with E-state index >= 15 is 0 Å². The minimum absolute atomic E-state index is 0.104. The summed E-state index contributed by atoms with van der Waals surface area (Å²) in [5.74, 6) is 1.08. The van der Waals surface area contributed by atoms with Crippen molar-refractivity contribution in [3.8, 4) is 5.75 Å². The lowest BCUT2D eigenvalue weighted by Crippen LogP contribution is -2.36. The van der Waals surface area contributed by atoms with Crippen molar-refractivity contribution in [1.82, 2.24) is 10.2 Å². The number of fused-ring (bicyclic) bond motifs is 1. The highest BCUT2D eigenvalue weighted by atomic mass is 16.5. The second-order valence-electron chi connectivity index (χ2n) is 6.96. The van der Waals surface area contributed by atoms with Crippen LogP contribution in [0.15, 0.2) is 18.2 Å². The van der Waals surface area contributed by atoms with E-state index in [1.807, 2.05) is 0 Å². The fourth-order valence-corrected chi connectivity index (χ4v) is 3.42. The number of hydrogen-bond donors (Lipinski definition) is 1. The number of amides is 1. The first kappa shape index (κ1) is 17.2. The average Bonchev–Trinajstić information content (AvgIpc) is 3.01. The summed E-state index contributed by atoms with van der Waals surface area (Å²) in [7, 11) is 0. The fraction of sp³-hybridized carbons (Fsp3) is 0.632. The number of nitrogens with zero attached hydrogens (tertiary/aromatic N) is 1. The van der Waals surface area contributed by atoms with Gasteiger partial charge in [0, 0.05) is 44.8 Å². The van der Waals surface area contributed by atoms with Gasteiger partial charge in [0.15, 0.2) is 0 Å². The number of ether oxygens (including phenoxy) is 2. The summed E-state index contributed by atoms with van der Waals surface area (Å²) < 4.78 is 11.5. The zero-order valence-corrected chi connectivity index (χ0v) is 14.7. The molecule has 1 N–H and O–H groups in total. The smallest absolute Gasteiger partial charge is 0.221 e. The van der Waals surface area contributed by atoms with E-state index < -0.39 is 0 Å². The highest BCUT2D eigenvalue weighted by Gasteiger charge is 2.21. The molecule has 2 atom stereocenters. The Balaban J connectivity index is 1.49. The minimum Gasteiger partial charge on any atom is -0.489 e. The molecule has 0 radical (unpaired) electrons. The SMILES string of the molecule is Cc1ccc2c(c1)CN(CCC(=O)NCC1CCCO1)CC(C)O2. The van der Waals surface area contributed by atoms with Crippen LogP contribution in [0, 0.1) is 6.92 Å². The lowest BCUT2D eigenvalue weighted by atomic mass is 10.1. The number of hydrogen-bond acceptors (Lipinski definition) is 4. The molecule has 2 heterocycles. The van der Waals surface area contributed by atoms with E-state index in [9.17, 15) is 4.79 Å². The van der Waals surface area contributed by atoms with Gasteiger partial charge in [0.1, 0.15) is 11.9 Å². The Morgan fingerprint density at radius 2 is 2.29 bits per heavy atom. The topological polar surface area (TPSA) is 50.8 Å². The molecule has 2 aliphatic rings. The van der Waals surface area contributed by atoms with Gasteiger partial charge >= 0.3 is 0 Å². The Labute approximate surface area is 144 Å². The molecule has 1 saturated heterocycles. The normalized spacial score (nSPS) is 24.1. The van der Waals surface area contributed by atoms with Gasteiger partial charge in [-0.2, -0.15) is 0 Å². The minimum atomic E-state index is 0.104. The van der Waals surface area contributed by atoms with Crippen molar-refractivity contribution in [2.75, 3.05) is 26.2 Å². The van der Waals surface area contributed by atoms with Crippen molar-refractivity contribution in [3.63, 3.8) is 0 Å². The Morgan fingerprint density at radius 3 is 3.08 bits per heavy atom. The van der Waals surface area contributed by atoms with Crippen molar-refractivity contribution in [1.29, 1.82) is 0 Å². The summed E-state index contributed by atoms with van der Waals surface area (Å²) in [6, 6.07) is 6.32. The molecule has 0 aromatic heterocycles. The van der Waals surface area contributed by atoms with E-state index in [2.05, 4.69) is 42.3 Å². The highest BCUT2D eigenvalue weighted by Crippen LogP contribution is 2.26. The van der Waals surface area contributed by atoms with E-state index in [4.69, 9.17) is 9.47 Å². The molecule has 5 nitrogen and oxygen atoms in total. The fourth-order valence-electron chi connectivity index (χ4n) is 3.42.